The fourth-order valence-corrected chi connectivity index (χ4v) is 11.5. The van der Waals surface area contributed by atoms with Crippen molar-refractivity contribution in [2.24, 2.45) is 0 Å². The topological polar surface area (TPSA) is 13.0 Å². The average molecular weight is 1020 g/mol. The molecule has 0 heterocycles. The highest BCUT2D eigenvalue weighted by Crippen LogP contribution is 2.53. The lowest BCUT2D eigenvalue weighted by molar-refractivity contribution is 0.661. The number of rotatable bonds is 14. The van der Waals surface area contributed by atoms with Crippen LogP contribution in [-0.4, -0.2) is 0 Å². The fraction of sp³-hybridized carbons (Fsp3) is 0.0400. The van der Waals surface area contributed by atoms with Crippen molar-refractivity contribution in [3.63, 3.8) is 0 Å². The molecule has 12 aromatic rings. The summed E-state index contributed by atoms with van der Waals surface area (Å²) in [4.78, 5) is 9.48. The number of benzene rings is 12. The van der Waals surface area contributed by atoms with Gasteiger partial charge in [-0.3, -0.25) is 0 Å². The van der Waals surface area contributed by atoms with Crippen LogP contribution in [0, 0.1) is 0 Å². The largest absolute Gasteiger partial charge is 0.310 e. The Kier molecular flexibility index (Phi) is 13.0. The molecule has 1 aliphatic carbocycles. The first-order valence-corrected chi connectivity index (χ1v) is 27.2. The summed E-state index contributed by atoms with van der Waals surface area (Å²) < 4.78 is 0. The summed E-state index contributed by atoms with van der Waals surface area (Å²) in [5, 5.41) is 0. The molecule has 0 unspecified atom stereocenters. The second-order valence-electron chi connectivity index (χ2n) is 20.6. The van der Waals surface area contributed by atoms with Crippen molar-refractivity contribution in [3.8, 4) is 33.4 Å². The lowest BCUT2D eigenvalue weighted by Gasteiger charge is -2.30. The van der Waals surface area contributed by atoms with Crippen LogP contribution in [0.2, 0.25) is 0 Å². The first-order valence-electron chi connectivity index (χ1n) is 27.2. The van der Waals surface area contributed by atoms with Crippen LogP contribution in [-0.2, 0) is 5.41 Å². The van der Waals surface area contributed by atoms with Gasteiger partial charge in [0.05, 0.1) is 0 Å². The van der Waals surface area contributed by atoms with E-state index in [1.165, 1.54) is 22.3 Å². The second kappa shape index (κ2) is 21.1. The number of fused-ring (bicyclic) bond motifs is 3. The van der Waals surface area contributed by atoms with E-state index in [1.807, 2.05) is 0 Å². The van der Waals surface area contributed by atoms with Gasteiger partial charge in [0.2, 0.25) is 0 Å². The van der Waals surface area contributed by atoms with Gasteiger partial charge in [-0.2, -0.15) is 0 Å². The molecule has 378 valence electrons. The van der Waals surface area contributed by atoms with Crippen LogP contribution in [0.3, 0.4) is 0 Å². The van der Waals surface area contributed by atoms with Crippen molar-refractivity contribution in [1.29, 1.82) is 0 Å². The molecule has 0 amide bonds. The van der Waals surface area contributed by atoms with Crippen molar-refractivity contribution in [2.75, 3.05) is 19.6 Å². The number of anilines is 12. The first-order chi connectivity index (χ1) is 38.9. The molecule has 13 rings (SSSR count). The van der Waals surface area contributed by atoms with Gasteiger partial charge in [0, 0.05) is 73.7 Å². The summed E-state index contributed by atoms with van der Waals surface area (Å²) in [6, 6.07) is 114. The zero-order valence-electron chi connectivity index (χ0n) is 44.3. The normalized spacial score (nSPS) is 12.0. The van der Waals surface area contributed by atoms with Crippen LogP contribution in [0.15, 0.2) is 315 Å². The van der Waals surface area contributed by atoms with Crippen LogP contribution in [0.1, 0.15) is 25.0 Å². The Labute approximate surface area is 464 Å². The van der Waals surface area contributed by atoms with Crippen LogP contribution in [0.4, 0.5) is 68.2 Å². The lowest BCUT2D eigenvalue weighted by Crippen LogP contribution is -2.15. The number of nitrogens with zero attached hydrogens (tertiary/aromatic N) is 4. The smallest absolute Gasteiger partial charge is 0.0488 e. The van der Waals surface area contributed by atoms with Gasteiger partial charge in [-0.05, 0) is 190 Å². The van der Waals surface area contributed by atoms with E-state index >= 15 is 0 Å². The maximum absolute atomic E-state index is 2.45. The number of hydrogen-bond donors (Lipinski definition) is 0. The molecule has 79 heavy (non-hydrogen) atoms. The minimum Gasteiger partial charge on any atom is -0.310 e. The summed E-state index contributed by atoms with van der Waals surface area (Å²) in [5.41, 5.74) is 22.3. The van der Waals surface area contributed by atoms with E-state index in [4.69, 9.17) is 0 Å². The quantitative estimate of drug-likeness (QED) is 0.108. The molecule has 0 saturated carbocycles. The van der Waals surface area contributed by atoms with E-state index < -0.39 is 0 Å². The van der Waals surface area contributed by atoms with Crippen molar-refractivity contribution in [3.05, 3.63) is 327 Å². The molecule has 12 aromatic carbocycles. The summed E-state index contributed by atoms with van der Waals surface area (Å²) in [7, 11) is 0. The van der Waals surface area contributed by atoms with E-state index in [0.29, 0.717) is 0 Å². The molecule has 0 aromatic heterocycles. The van der Waals surface area contributed by atoms with Crippen LogP contribution in [0.25, 0.3) is 33.4 Å². The Morgan fingerprint density at radius 3 is 0.595 bits per heavy atom. The highest BCUT2D eigenvalue weighted by molar-refractivity contribution is 5.92. The standard InChI is InChI=1S/C75H58N4/c1-75(2)73-51-55(57-47-67(76(59-27-11-3-12-28-59)60-29-13-4-14-30-60)53-68(48-57)77(61-31-15-5-16-32-61)62-33-17-6-18-34-62)43-45-71(73)72-46-44-56(52-74(72)75)58-49-69(78(63-35-19-7-20-36-63)64-37-21-8-22-38-64)54-70(50-58)79(65-39-23-9-24-40-65)66-41-25-10-26-42-66/h3-54H,1-2H3. The van der Waals surface area contributed by atoms with Crippen LogP contribution >= 0.6 is 0 Å². The highest BCUT2D eigenvalue weighted by Gasteiger charge is 2.36. The van der Waals surface area contributed by atoms with Gasteiger partial charge in [-0.15, -0.1) is 0 Å². The highest BCUT2D eigenvalue weighted by atomic mass is 15.2. The summed E-state index contributed by atoms with van der Waals surface area (Å²) in [6.45, 7) is 4.79. The van der Waals surface area contributed by atoms with Gasteiger partial charge in [-0.25, -0.2) is 0 Å². The van der Waals surface area contributed by atoms with Gasteiger partial charge in [-0.1, -0.05) is 184 Å². The minimum atomic E-state index is -0.321. The Bertz CT molecular complexity index is 3400. The van der Waals surface area contributed by atoms with E-state index in [9.17, 15) is 0 Å². The molecule has 0 atom stereocenters. The van der Waals surface area contributed by atoms with Crippen molar-refractivity contribution in [2.45, 2.75) is 19.3 Å². The molecular formula is C75H58N4. The SMILES string of the molecule is CC1(C)c2cc(-c3cc(N(c4ccccc4)c4ccccc4)cc(N(c4ccccc4)c4ccccc4)c3)ccc2-c2ccc(-c3cc(N(c4ccccc4)c4ccccc4)cc(N(c4ccccc4)c4ccccc4)c3)cc21. The van der Waals surface area contributed by atoms with Gasteiger partial charge in [0.1, 0.15) is 0 Å². The summed E-state index contributed by atoms with van der Waals surface area (Å²) in [5.74, 6) is 0. The molecule has 0 saturated heterocycles. The van der Waals surface area contributed by atoms with Crippen molar-refractivity contribution >= 4 is 68.2 Å². The second-order valence-corrected chi connectivity index (χ2v) is 20.6. The summed E-state index contributed by atoms with van der Waals surface area (Å²) >= 11 is 0. The summed E-state index contributed by atoms with van der Waals surface area (Å²) in [6.07, 6.45) is 0. The van der Waals surface area contributed by atoms with Gasteiger partial charge in [0.15, 0.2) is 0 Å². The first kappa shape index (κ1) is 48.5. The van der Waals surface area contributed by atoms with Gasteiger partial charge < -0.3 is 19.6 Å². The maximum Gasteiger partial charge on any atom is 0.0488 e. The predicted molar refractivity (Wildman–Crippen MR) is 334 cm³/mol. The Morgan fingerprint density at radius 1 is 0.190 bits per heavy atom. The third-order valence-corrected chi connectivity index (χ3v) is 15.3. The van der Waals surface area contributed by atoms with E-state index in [2.05, 4.69) is 349 Å². The molecule has 0 radical (unpaired) electrons. The van der Waals surface area contributed by atoms with Gasteiger partial charge in [0.25, 0.3) is 0 Å². The van der Waals surface area contributed by atoms with Crippen LogP contribution in [0.5, 0.6) is 0 Å². The Balaban J connectivity index is 0.958. The zero-order chi connectivity index (χ0) is 53.1. The van der Waals surface area contributed by atoms with Gasteiger partial charge >= 0.3 is 0 Å². The Morgan fingerprint density at radius 2 is 0.392 bits per heavy atom. The molecule has 4 nitrogen and oxygen atoms in total. The number of para-hydroxylation sites is 8. The molecule has 0 spiro atoms. The van der Waals surface area contributed by atoms with Crippen LogP contribution < -0.4 is 19.6 Å². The zero-order valence-corrected chi connectivity index (χ0v) is 44.3. The minimum absolute atomic E-state index is 0.321. The molecule has 4 heteroatoms. The third-order valence-electron chi connectivity index (χ3n) is 15.3. The molecular weight excluding hydrogens is 957 g/mol. The Hall–Kier alpha value is -10.2. The molecule has 0 bridgehead atoms. The average Bonchev–Trinajstić information content (AvgIpc) is 4.00. The van der Waals surface area contributed by atoms with E-state index in [0.717, 1.165) is 90.5 Å². The molecule has 0 aliphatic heterocycles. The number of hydrogen-bond acceptors (Lipinski definition) is 4. The monoisotopic (exact) mass is 1010 g/mol. The maximum atomic E-state index is 2.45. The third kappa shape index (κ3) is 9.51. The predicted octanol–water partition coefficient (Wildman–Crippen LogP) is 21.2. The molecule has 1 aliphatic rings. The lowest BCUT2D eigenvalue weighted by atomic mass is 9.80. The van der Waals surface area contributed by atoms with Crippen molar-refractivity contribution in [1.82, 2.24) is 0 Å². The van der Waals surface area contributed by atoms with E-state index in [-0.39, 0.29) is 5.41 Å². The van der Waals surface area contributed by atoms with E-state index in [1.54, 1.807) is 0 Å². The molecule has 0 N–H and O–H groups in total. The fourth-order valence-electron chi connectivity index (χ4n) is 11.5. The van der Waals surface area contributed by atoms with Crippen molar-refractivity contribution < 1.29 is 0 Å². The molecule has 0 fully saturated rings.